The summed E-state index contributed by atoms with van der Waals surface area (Å²) in [4.78, 5) is 24.0. The molecule has 22 heavy (non-hydrogen) atoms. The highest BCUT2D eigenvalue weighted by Crippen LogP contribution is 2.27. The molecule has 1 heterocycles. The second-order valence-electron chi connectivity index (χ2n) is 5.11. The molecule has 118 valence electrons. The number of carbonyl (C=O) groups is 2. The molecule has 0 saturated heterocycles. The fourth-order valence-electron chi connectivity index (χ4n) is 2.29. The highest BCUT2D eigenvalue weighted by molar-refractivity contribution is 5.95. The topological polar surface area (TPSA) is 67.4 Å². The van der Waals surface area contributed by atoms with Crippen LogP contribution in [0.1, 0.15) is 38.3 Å². The molecule has 0 spiro atoms. The third-order valence-electron chi connectivity index (χ3n) is 3.40. The minimum Gasteiger partial charge on any atom is -0.462 e. The van der Waals surface area contributed by atoms with E-state index in [1.807, 2.05) is 6.92 Å². The van der Waals surface area contributed by atoms with Gasteiger partial charge in [-0.05, 0) is 31.0 Å². The molecule has 0 aliphatic carbocycles. The fourth-order valence-corrected chi connectivity index (χ4v) is 2.29. The van der Waals surface area contributed by atoms with Crippen molar-refractivity contribution < 1.29 is 18.7 Å². The summed E-state index contributed by atoms with van der Waals surface area (Å²) in [7, 11) is 0. The van der Waals surface area contributed by atoms with Crippen molar-refractivity contribution >= 4 is 12.0 Å². The minimum atomic E-state index is -0.724. The van der Waals surface area contributed by atoms with Crippen LogP contribution in [0.5, 0.6) is 0 Å². The number of hydrogen-bond donors (Lipinski definition) is 2. The SMILES string of the molecule is CCCCOC(=O)C1=C(C)NC(=O)N[C@H]1c1cccc(F)c1. The Balaban J connectivity index is 2.30. The van der Waals surface area contributed by atoms with E-state index in [2.05, 4.69) is 10.6 Å². The molecule has 1 aromatic carbocycles. The molecule has 1 atom stereocenters. The van der Waals surface area contributed by atoms with Gasteiger partial charge in [-0.1, -0.05) is 25.5 Å². The molecule has 0 unspecified atom stereocenters. The number of esters is 1. The zero-order valence-corrected chi connectivity index (χ0v) is 12.6. The molecule has 0 saturated carbocycles. The van der Waals surface area contributed by atoms with E-state index >= 15 is 0 Å². The number of carbonyl (C=O) groups excluding carboxylic acids is 2. The Morgan fingerprint density at radius 3 is 2.86 bits per heavy atom. The van der Waals surface area contributed by atoms with Crippen molar-refractivity contribution in [1.82, 2.24) is 10.6 Å². The molecule has 1 aromatic rings. The number of urea groups is 1. The molecule has 5 nitrogen and oxygen atoms in total. The molecule has 6 heteroatoms. The van der Waals surface area contributed by atoms with Crippen molar-refractivity contribution in [2.24, 2.45) is 0 Å². The van der Waals surface area contributed by atoms with Gasteiger partial charge in [0, 0.05) is 5.70 Å². The van der Waals surface area contributed by atoms with Crippen LogP contribution in [0.3, 0.4) is 0 Å². The van der Waals surface area contributed by atoms with Crippen molar-refractivity contribution in [3.05, 3.63) is 46.9 Å². The fraction of sp³-hybridized carbons (Fsp3) is 0.375. The van der Waals surface area contributed by atoms with Gasteiger partial charge in [0.15, 0.2) is 0 Å². The molecule has 0 fully saturated rings. The van der Waals surface area contributed by atoms with Gasteiger partial charge in [0.25, 0.3) is 0 Å². The number of benzene rings is 1. The van der Waals surface area contributed by atoms with Crippen molar-refractivity contribution in [2.45, 2.75) is 32.7 Å². The number of rotatable bonds is 5. The second kappa shape index (κ2) is 7.06. The third kappa shape index (κ3) is 3.63. The van der Waals surface area contributed by atoms with Crippen molar-refractivity contribution in [3.63, 3.8) is 0 Å². The third-order valence-corrected chi connectivity index (χ3v) is 3.40. The summed E-state index contributed by atoms with van der Waals surface area (Å²) < 4.78 is 18.7. The Labute approximate surface area is 128 Å². The quantitative estimate of drug-likeness (QED) is 0.649. The number of ether oxygens (including phenoxy) is 1. The first-order valence-electron chi connectivity index (χ1n) is 7.23. The van der Waals surface area contributed by atoms with E-state index in [9.17, 15) is 14.0 Å². The Hall–Kier alpha value is -2.37. The first-order valence-corrected chi connectivity index (χ1v) is 7.23. The van der Waals surface area contributed by atoms with Gasteiger partial charge in [0.2, 0.25) is 0 Å². The zero-order chi connectivity index (χ0) is 16.1. The largest absolute Gasteiger partial charge is 0.462 e. The van der Waals surface area contributed by atoms with Gasteiger partial charge in [-0.2, -0.15) is 0 Å². The summed E-state index contributed by atoms with van der Waals surface area (Å²) in [5, 5.41) is 5.19. The predicted molar refractivity (Wildman–Crippen MR) is 79.4 cm³/mol. The van der Waals surface area contributed by atoms with E-state index in [-0.39, 0.29) is 0 Å². The monoisotopic (exact) mass is 306 g/mol. The van der Waals surface area contributed by atoms with Crippen molar-refractivity contribution in [1.29, 1.82) is 0 Å². The van der Waals surface area contributed by atoms with E-state index in [1.165, 1.54) is 18.2 Å². The molecule has 0 bridgehead atoms. The number of halogens is 1. The van der Waals surface area contributed by atoms with E-state index in [0.29, 0.717) is 23.4 Å². The Kier molecular flexibility index (Phi) is 5.14. The smallest absolute Gasteiger partial charge is 0.338 e. The number of allylic oxidation sites excluding steroid dienone is 1. The maximum atomic E-state index is 13.4. The van der Waals surface area contributed by atoms with Gasteiger partial charge >= 0.3 is 12.0 Å². The highest BCUT2D eigenvalue weighted by Gasteiger charge is 2.32. The Bertz CT molecular complexity index is 613. The van der Waals surface area contributed by atoms with Crippen LogP contribution in [0.2, 0.25) is 0 Å². The van der Waals surface area contributed by atoms with Crippen LogP contribution >= 0.6 is 0 Å². The average molecular weight is 306 g/mol. The van der Waals surface area contributed by atoms with Crippen LogP contribution in [0.25, 0.3) is 0 Å². The van der Waals surface area contributed by atoms with Gasteiger partial charge in [0.1, 0.15) is 5.82 Å². The van der Waals surface area contributed by atoms with E-state index in [1.54, 1.807) is 13.0 Å². The minimum absolute atomic E-state index is 0.293. The summed E-state index contributed by atoms with van der Waals surface area (Å²) in [6.07, 6.45) is 1.68. The van der Waals surface area contributed by atoms with Gasteiger partial charge in [-0.25, -0.2) is 14.0 Å². The summed E-state index contributed by atoms with van der Waals surface area (Å²) in [5.41, 5.74) is 1.21. The van der Waals surface area contributed by atoms with Gasteiger partial charge < -0.3 is 15.4 Å². The molecule has 1 aliphatic heterocycles. The number of amides is 2. The zero-order valence-electron chi connectivity index (χ0n) is 12.6. The van der Waals surface area contributed by atoms with Gasteiger partial charge in [0.05, 0.1) is 18.2 Å². The standard InChI is InChI=1S/C16H19FN2O3/c1-3-4-8-22-15(20)13-10(2)18-16(21)19-14(13)11-6-5-7-12(17)9-11/h5-7,9,14H,3-4,8H2,1-2H3,(H2,18,19,21)/t14-/m0/s1. The lowest BCUT2D eigenvalue weighted by molar-refractivity contribution is -0.139. The summed E-state index contributed by atoms with van der Waals surface area (Å²) in [5.74, 6) is -0.936. The average Bonchev–Trinajstić information content (AvgIpc) is 2.46. The second-order valence-corrected chi connectivity index (χ2v) is 5.11. The lowest BCUT2D eigenvalue weighted by Gasteiger charge is -2.28. The summed E-state index contributed by atoms with van der Waals surface area (Å²) in [6.45, 7) is 3.94. The number of unbranched alkanes of at least 4 members (excludes halogenated alkanes) is 1. The van der Waals surface area contributed by atoms with Crippen LogP contribution in [0, 0.1) is 5.82 Å². The molecule has 0 aromatic heterocycles. The maximum Gasteiger partial charge on any atom is 0.338 e. The molecule has 0 radical (unpaired) electrons. The van der Waals surface area contributed by atoms with Crippen LogP contribution in [-0.2, 0) is 9.53 Å². The van der Waals surface area contributed by atoms with Gasteiger partial charge in [-0.15, -0.1) is 0 Å². The summed E-state index contributed by atoms with van der Waals surface area (Å²) >= 11 is 0. The van der Waals surface area contributed by atoms with Crippen LogP contribution in [-0.4, -0.2) is 18.6 Å². The van der Waals surface area contributed by atoms with E-state index in [4.69, 9.17) is 4.74 Å². The number of hydrogen-bond acceptors (Lipinski definition) is 3. The van der Waals surface area contributed by atoms with E-state index in [0.717, 1.165) is 12.8 Å². The molecule has 1 aliphatic rings. The first kappa shape index (κ1) is 16.0. The molecular formula is C16H19FN2O3. The normalized spacial score (nSPS) is 17.8. The Morgan fingerprint density at radius 1 is 1.41 bits per heavy atom. The van der Waals surface area contributed by atoms with Gasteiger partial charge in [-0.3, -0.25) is 0 Å². The van der Waals surface area contributed by atoms with E-state index < -0.39 is 23.9 Å². The van der Waals surface area contributed by atoms with Crippen LogP contribution in [0.15, 0.2) is 35.5 Å². The first-order chi connectivity index (χ1) is 10.5. The molecule has 2 amide bonds. The summed E-state index contributed by atoms with van der Waals surface area (Å²) in [6, 6.07) is 4.64. The Morgan fingerprint density at radius 2 is 2.18 bits per heavy atom. The maximum absolute atomic E-state index is 13.4. The lowest BCUT2D eigenvalue weighted by atomic mass is 9.95. The number of nitrogens with one attached hydrogen (secondary N) is 2. The van der Waals surface area contributed by atoms with Crippen molar-refractivity contribution in [3.8, 4) is 0 Å². The van der Waals surface area contributed by atoms with Crippen LogP contribution in [0.4, 0.5) is 9.18 Å². The molecule has 2 rings (SSSR count). The highest BCUT2D eigenvalue weighted by atomic mass is 19.1. The van der Waals surface area contributed by atoms with Crippen LogP contribution < -0.4 is 10.6 Å². The lowest BCUT2D eigenvalue weighted by Crippen LogP contribution is -2.45. The molecule has 2 N–H and O–H groups in total. The predicted octanol–water partition coefficient (Wildman–Crippen LogP) is 2.80. The molecular weight excluding hydrogens is 287 g/mol. The van der Waals surface area contributed by atoms with Crippen molar-refractivity contribution in [2.75, 3.05) is 6.61 Å².